The van der Waals surface area contributed by atoms with Gasteiger partial charge in [0.25, 0.3) is 0 Å². The predicted octanol–water partition coefficient (Wildman–Crippen LogP) is 2.26. The molecule has 1 aliphatic rings. The fourth-order valence-corrected chi connectivity index (χ4v) is 2.24. The molecule has 2 heteroatoms. The first-order valence-corrected chi connectivity index (χ1v) is 5.63. The first-order valence-electron chi connectivity index (χ1n) is 5.63. The molecule has 0 amide bonds. The average molecular weight is 167 g/mol. The summed E-state index contributed by atoms with van der Waals surface area (Å²) in [6.45, 7) is 0. The summed E-state index contributed by atoms with van der Waals surface area (Å²) in [5.74, 6) is 0.952. The number of hydrogen-bond donors (Lipinski definition) is 1. The Morgan fingerprint density at radius 1 is 0.917 bits per heavy atom. The quantitative estimate of drug-likeness (QED) is 0.627. The summed E-state index contributed by atoms with van der Waals surface area (Å²) in [5.41, 5.74) is 5.59. The van der Waals surface area contributed by atoms with Gasteiger partial charge in [-0.3, -0.25) is 0 Å². The van der Waals surface area contributed by atoms with Crippen LogP contribution in [0.5, 0.6) is 0 Å². The maximum absolute atomic E-state index is 5.59. The third-order valence-corrected chi connectivity index (χ3v) is 3.05. The van der Waals surface area contributed by atoms with E-state index in [4.69, 9.17) is 5.73 Å². The summed E-state index contributed by atoms with van der Waals surface area (Å²) in [5, 5.41) is 0. The fourth-order valence-electron chi connectivity index (χ4n) is 2.24. The molecular weight excluding hydrogens is 145 g/mol. The van der Waals surface area contributed by atoms with E-state index in [0.29, 0.717) is 0 Å². The Kier molecular flexibility index (Phi) is 5.50. The summed E-state index contributed by atoms with van der Waals surface area (Å²) >= 11 is 0. The maximum atomic E-state index is 5.59. The smallest absolute Gasteiger partial charge is 0.140 e. The zero-order valence-corrected chi connectivity index (χ0v) is 8.23. The predicted molar refractivity (Wildman–Crippen MR) is 56.9 cm³/mol. The second kappa shape index (κ2) is 6.53. The van der Waals surface area contributed by atoms with E-state index in [-0.39, 0.29) is 0 Å². The van der Waals surface area contributed by atoms with Crippen LogP contribution in [0.2, 0.25) is 5.82 Å². The number of rotatable bonds is 2. The molecule has 0 aliphatic heterocycles. The topological polar surface area (TPSA) is 26.0 Å². The molecule has 0 saturated heterocycles. The Hall–Kier alpha value is 0.0249. The minimum Gasteiger partial charge on any atom is -0.338 e. The molecule has 12 heavy (non-hydrogen) atoms. The fraction of sp³-hybridized carbons (Fsp3) is 1.00. The van der Waals surface area contributed by atoms with E-state index < -0.39 is 0 Å². The molecule has 0 radical (unpaired) electrons. The standard InChI is InChI=1S/C10H22BN/c12-9-11-10-7-5-3-1-2-4-6-8-10/h10-11H,1-9,12H2. The van der Waals surface area contributed by atoms with Crippen molar-refractivity contribution in [2.45, 2.75) is 57.2 Å². The molecule has 1 nitrogen and oxygen atoms in total. The lowest BCUT2D eigenvalue weighted by Gasteiger charge is -2.12. The molecule has 0 unspecified atom stereocenters. The van der Waals surface area contributed by atoms with E-state index in [2.05, 4.69) is 0 Å². The highest BCUT2D eigenvalue weighted by Crippen LogP contribution is 2.24. The molecule has 0 spiro atoms. The van der Waals surface area contributed by atoms with Gasteiger partial charge in [-0.2, -0.15) is 0 Å². The van der Waals surface area contributed by atoms with Crippen LogP contribution in [0.15, 0.2) is 0 Å². The van der Waals surface area contributed by atoms with Gasteiger partial charge in [0, 0.05) is 0 Å². The normalized spacial score (nSPS) is 22.4. The summed E-state index contributed by atoms with van der Waals surface area (Å²) in [6, 6.07) is 0. The Balaban J connectivity index is 2.19. The number of nitrogens with two attached hydrogens (primary N) is 1. The largest absolute Gasteiger partial charge is 0.338 e. The van der Waals surface area contributed by atoms with Crippen LogP contribution in [0.25, 0.3) is 0 Å². The van der Waals surface area contributed by atoms with Gasteiger partial charge in [-0.1, -0.05) is 57.2 Å². The zero-order valence-electron chi connectivity index (χ0n) is 8.23. The van der Waals surface area contributed by atoms with Gasteiger partial charge in [-0.15, -0.1) is 0 Å². The van der Waals surface area contributed by atoms with Gasteiger partial charge in [0.2, 0.25) is 0 Å². The molecule has 0 heterocycles. The Bertz CT molecular complexity index is 96.0. The molecule has 2 N–H and O–H groups in total. The first kappa shape index (κ1) is 10.1. The zero-order chi connectivity index (χ0) is 8.65. The number of hydrogen-bond acceptors (Lipinski definition) is 1. The van der Waals surface area contributed by atoms with E-state index in [0.717, 1.165) is 12.3 Å². The van der Waals surface area contributed by atoms with Crippen LogP contribution in [0, 0.1) is 0 Å². The van der Waals surface area contributed by atoms with Crippen LogP contribution in [0.4, 0.5) is 0 Å². The summed E-state index contributed by atoms with van der Waals surface area (Å²) in [7, 11) is 1.26. The highest BCUT2D eigenvalue weighted by molar-refractivity contribution is 6.37. The van der Waals surface area contributed by atoms with Crippen molar-refractivity contribution in [3.05, 3.63) is 0 Å². The van der Waals surface area contributed by atoms with E-state index in [1.54, 1.807) is 0 Å². The second-order valence-corrected chi connectivity index (χ2v) is 4.14. The third-order valence-electron chi connectivity index (χ3n) is 3.05. The van der Waals surface area contributed by atoms with Crippen molar-refractivity contribution >= 4 is 7.28 Å². The molecule has 0 atom stereocenters. The van der Waals surface area contributed by atoms with Crippen LogP contribution in [0.1, 0.15) is 51.4 Å². The van der Waals surface area contributed by atoms with Crippen molar-refractivity contribution in [3.63, 3.8) is 0 Å². The summed E-state index contributed by atoms with van der Waals surface area (Å²) < 4.78 is 0. The third kappa shape index (κ3) is 4.15. The average Bonchev–Trinajstić information content (AvgIpc) is 2.19. The lowest BCUT2D eigenvalue weighted by Crippen LogP contribution is -2.15. The van der Waals surface area contributed by atoms with Crippen molar-refractivity contribution in [3.8, 4) is 0 Å². The molecule has 0 aromatic heterocycles. The molecular formula is C10H22BN. The van der Waals surface area contributed by atoms with Gasteiger partial charge < -0.3 is 5.73 Å². The van der Waals surface area contributed by atoms with Gasteiger partial charge >= 0.3 is 0 Å². The van der Waals surface area contributed by atoms with Gasteiger partial charge in [-0.25, -0.2) is 0 Å². The highest BCUT2D eigenvalue weighted by Gasteiger charge is 2.10. The lowest BCUT2D eigenvalue weighted by molar-refractivity contribution is 0.617. The van der Waals surface area contributed by atoms with Gasteiger partial charge in [0.1, 0.15) is 7.28 Å². The Morgan fingerprint density at radius 3 is 1.92 bits per heavy atom. The molecule has 0 aromatic rings. The second-order valence-electron chi connectivity index (χ2n) is 4.14. The van der Waals surface area contributed by atoms with Crippen LogP contribution in [-0.4, -0.2) is 13.7 Å². The van der Waals surface area contributed by atoms with Crippen LogP contribution >= 0.6 is 0 Å². The molecule has 0 bridgehead atoms. The summed E-state index contributed by atoms with van der Waals surface area (Å²) in [4.78, 5) is 0. The monoisotopic (exact) mass is 167 g/mol. The van der Waals surface area contributed by atoms with Crippen LogP contribution in [0.3, 0.4) is 0 Å². The van der Waals surface area contributed by atoms with Crippen LogP contribution < -0.4 is 5.73 Å². The molecule has 1 rings (SSSR count). The molecule has 0 aromatic carbocycles. The maximum Gasteiger partial charge on any atom is 0.140 e. The van der Waals surface area contributed by atoms with Crippen molar-refractivity contribution in [1.82, 2.24) is 0 Å². The highest BCUT2D eigenvalue weighted by atomic mass is 14.5. The minimum atomic E-state index is 0.894. The van der Waals surface area contributed by atoms with Gasteiger partial charge in [0.15, 0.2) is 0 Å². The molecule has 1 saturated carbocycles. The van der Waals surface area contributed by atoms with E-state index >= 15 is 0 Å². The van der Waals surface area contributed by atoms with E-state index in [9.17, 15) is 0 Å². The lowest BCUT2D eigenvalue weighted by atomic mass is 9.61. The summed E-state index contributed by atoms with van der Waals surface area (Å²) in [6.07, 6.45) is 12.5. The van der Waals surface area contributed by atoms with E-state index in [1.165, 1.54) is 58.6 Å². The molecule has 1 aliphatic carbocycles. The Morgan fingerprint density at radius 2 is 1.42 bits per heavy atom. The van der Waals surface area contributed by atoms with E-state index in [1.807, 2.05) is 0 Å². The van der Waals surface area contributed by atoms with Gasteiger partial charge in [0.05, 0.1) is 0 Å². The Labute approximate surface area is 77.3 Å². The van der Waals surface area contributed by atoms with Crippen molar-refractivity contribution in [2.24, 2.45) is 5.73 Å². The SMILES string of the molecule is NCBC1CCCCCCCC1. The van der Waals surface area contributed by atoms with Crippen molar-refractivity contribution in [1.29, 1.82) is 0 Å². The minimum absolute atomic E-state index is 0.894. The van der Waals surface area contributed by atoms with Crippen LogP contribution in [-0.2, 0) is 0 Å². The van der Waals surface area contributed by atoms with Gasteiger partial charge in [-0.05, 0) is 6.44 Å². The van der Waals surface area contributed by atoms with Crippen molar-refractivity contribution < 1.29 is 0 Å². The molecule has 70 valence electrons. The van der Waals surface area contributed by atoms with Crippen molar-refractivity contribution in [2.75, 3.05) is 6.44 Å². The molecule has 1 fully saturated rings. The first-order chi connectivity index (χ1) is 5.93.